The molecule has 3 rings (SSSR count). The molecular weight excluding hydrogens is 278 g/mol. The number of hydrogen-bond donors (Lipinski definition) is 3. The topological polar surface area (TPSA) is 120 Å². The first-order chi connectivity index (χ1) is 9.56. The molecule has 106 valence electrons. The Morgan fingerprint density at radius 1 is 1.55 bits per heavy atom. The molecule has 0 aliphatic heterocycles. The Morgan fingerprint density at radius 3 is 2.85 bits per heavy atom. The maximum Gasteiger partial charge on any atom is 0.260 e. The van der Waals surface area contributed by atoms with Crippen molar-refractivity contribution < 1.29 is 9.32 Å². The Balaban J connectivity index is 1.84. The SMILES string of the molecule is Cc1noc(CNc2sc(C(N)=O)c(N)c2C2CC2)n1. The second-order valence-corrected chi connectivity index (χ2v) is 5.84. The van der Waals surface area contributed by atoms with E-state index < -0.39 is 5.91 Å². The standard InChI is InChI=1S/C12H15N5O2S/c1-5-16-7(19-17-5)4-15-12-8(6-2-3-6)9(13)10(20-12)11(14)18/h6,15H,2-4,13H2,1H3,(H2,14,18). The maximum atomic E-state index is 11.4. The molecule has 0 saturated heterocycles. The van der Waals surface area contributed by atoms with Crippen molar-refractivity contribution in [1.29, 1.82) is 0 Å². The number of nitrogens with one attached hydrogen (secondary N) is 1. The predicted molar refractivity (Wildman–Crippen MR) is 75.6 cm³/mol. The number of nitrogen functional groups attached to an aromatic ring is 1. The summed E-state index contributed by atoms with van der Waals surface area (Å²) >= 11 is 1.29. The molecule has 1 amide bonds. The van der Waals surface area contributed by atoms with Crippen molar-refractivity contribution in [2.24, 2.45) is 5.73 Å². The van der Waals surface area contributed by atoms with Crippen LogP contribution in [0, 0.1) is 6.92 Å². The van der Waals surface area contributed by atoms with Crippen LogP contribution in [-0.4, -0.2) is 16.0 Å². The summed E-state index contributed by atoms with van der Waals surface area (Å²) in [4.78, 5) is 15.9. The zero-order valence-electron chi connectivity index (χ0n) is 11.0. The van der Waals surface area contributed by atoms with Gasteiger partial charge in [-0.15, -0.1) is 11.3 Å². The van der Waals surface area contributed by atoms with Crippen LogP contribution in [0.4, 0.5) is 10.7 Å². The third-order valence-corrected chi connectivity index (χ3v) is 4.36. The Labute approximate surface area is 119 Å². The predicted octanol–water partition coefficient (Wildman–Crippen LogP) is 1.61. The lowest BCUT2D eigenvalue weighted by Gasteiger charge is -2.04. The van der Waals surface area contributed by atoms with Gasteiger partial charge in [0.1, 0.15) is 4.88 Å². The summed E-state index contributed by atoms with van der Waals surface area (Å²) in [6.45, 7) is 2.16. The van der Waals surface area contributed by atoms with Gasteiger partial charge in [-0.3, -0.25) is 4.79 Å². The molecule has 1 aliphatic carbocycles. The van der Waals surface area contributed by atoms with Crippen LogP contribution >= 0.6 is 11.3 Å². The van der Waals surface area contributed by atoms with Crippen molar-refractivity contribution in [3.8, 4) is 0 Å². The molecule has 1 aliphatic rings. The second-order valence-electron chi connectivity index (χ2n) is 4.82. The van der Waals surface area contributed by atoms with Gasteiger partial charge >= 0.3 is 0 Å². The van der Waals surface area contributed by atoms with Gasteiger partial charge in [-0.05, 0) is 25.7 Å². The molecule has 1 fully saturated rings. The van der Waals surface area contributed by atoms with Gasteiger partial charge in [-0.1, -0.05) is 5.16 Å². The van der Waals surface area contributed by atoms with Gasteiger partial charge in [0.25, 0.3) is 5.91 Å². The molecule has 0 radical (unpaired) electrons. The smallest absolute Gasteiger partial charge is 0.260 e. The number of carbonyl (C=O) groups excluding carboxylic acids is 1. The first kappa shape index (κ1) is 12.9. The average Bonchev–Trinajstić information content (AvgIpc) is 3.05. The number of rotatable bonds is 5. The molecule has 0 unspecified atom stereocenters. The monoisotopic (exact) mass is 293 g/mol. The minimum absolute atomic E-state index is 0.402. The molecule has 5 N–H and O–H groups in total. The average molecular weight is 293 g/mol. The molecule has 7 nitrogen and oxygen atoms in total. The third-order valence-electron chi connectivity index (χ3n) is 3.16. The number of thiophene rings is 1. The van der Waals surface area contributed by atoms with Gasteiger partial charge < -0.3 is 21.3 Å². The number of hydrogen-bond acceptors (Lipinski definition) is 7. The summed E-state index contributed by atoms with van der Waals surface area (Å²) < 4.78 is 5.04. The van der Waals surface area contributed by atoms with Crippen molar-refractivity contribution in [3.63, 3.8) is 0 Å². The van der Waals surface area contributed by atoms with E-state index in [1.54, 1.807) is 6.92 Å². The van der Waals surface area contributed by atoms with Crippen molar-refractivity contribution in [2.75, 3.05) is 11.1 Å². The van der Waals surface area contributed by atoms with Crippen LogP contribution < -0.4 is 16.8 Å². The number of nitrogens with two attached hydrogens (primary N) is 2. The molecule has 8 heteroatoms. The Kier molecular flexibility index (Phi) is 3.09. The lowest BCUT2D eigenvalue weighted by atomic mass is 10.1. The number of aryl methyl sites for hydroxylation is 1. The lowest BCUT2D eigenvalue weighted by molar-refractivity contribution is 0.100. The minimum Gasteiger partial charge on any atom is -0.397 e. The Morgan fingerprint density at radius 2 is 2.30 bits per heavy atom. The van der Waals surface area contributed by atoms with Gasteiger partial charge in [0.2, 0.25) is 5.89 Å². The summed E-state index contributed by atoms with van der Waals surface area (Å²) in [5, 5.41) is 7.81. The normalized spacial score (nSPS) is 14.4. The van der Waals surface area contributed by atoms with E-state index in [4.69, 9.17) is 16.0 Å². The number of primary amides is 1. The number of carbonyl (C=O) groups is 1. The van der Waals surface area contributed by atoms with Gasteiger partial charge in [0, 0.05) is 5.56 Å². The summed E-state index contributed by atoms with van der Waals surface area (Å²) in [5.74, 6) is 1.02. The maximum absolute atomic E-state index is 11.4. The van der Waals surface area contributed by atoms with Crippen LogP contribution in [0.1, 0.15) is 45.7 Å². The molecule has 0 aromatic carbocycles. The van der Waals surface area contributed by atoms with E-state index in [1.165, 1.54) is 11.3 Å². The number of anilines is 2. The van der Waals surface area contributed by atoms with Crippen LogP contribution in [0.25, 0.3) is 0 Å². The van der Waals surface area contributed by atoms with Gasteiger partial charge in [0.05, 0.1) is 17.2 Å². The third kappa shape index (κ3) is 2.34. The molecule has 0 spiro atoms. The first-order valence-corrected chi connectivity index (χ1v) is 7.13. The fourth-order valence-corrected chi connectivity index (χ4v) is 3.17. The van der Waals surface area contributed by atoms with Gasteiger partial charge in [-0.25, -0.2) is 0 Å². The highest BCUT2D eigenvalue weighted by molar-refractivity contribution is 7.18. The number of amides is 1. The van der Waals surface area contributed by atoms with Crippen LogP contribution in [-0.2, 0) is 6.54 Å². The van der Waals surface area contributed by atoms with Crippen LogP contribution in [0.15, 0.2) is 4.52 Å². The Bertz CT molecular complexity index is 659. The second kappa shape index (κ2) is 4.78. The summed E-state index contributed by atoms with van der Waals surface area (Å²) in [5.41, 5.74) is 12.9. The van der Waals surface area contributed by atoms with Crippen molar-refractivity contribution >= 4 is 27.9 Å². The fourth-order valence-electron chi connectivity index (χ4n) is 2.12. The van der Waals surface area contributed by atoms with Crippen molar-refractivity contribution in [2.45, 2.75) is 32.2 Å². The molecule has 0 atom stereocenters. The molecule has 2 heterocycles. The molecular formula is C12H15N5O2S. The summed E-state index contributed by atoms with van der Waals surface area (Å²) in [7, 11) is 0. The van der Waals surface area contributed by atoms with Crippen LogP contribution in [0.3, 0.4) is 0 Å². The summed E-state index contributed by atoms with van der Waals surface area (Å²) in [6, 6.07) is 0. The molecule has 0 bridgehead atoms. The Hall–Kier alpha value is -2.09. The first-order valence-electron chi connectivity index (χ1n) is 6.31. The van der Waals surface area contributed by atoms with Gasteiger partial charge in [-0.2, -0.15) is 4.98 Å². The van der Waals surface area contributed by atoms with Crippen molar-refractivity contribution in [3.05, 3.63) is 22.2 Å². The van der Waals surface area contributed by atoms with E-state index in [0.29, 0.717) is 34.7 Å². The van der Waals surface area contributed by atoms with Gasteiger partial charge in [0.15, 0.2) is 5.82 Å². The van der Waals surface area contributed by atoms with Crippen LogP contribution in [0.2, 0.25) is 0 Å². The van der Waals surface area contributed by atoms with E-state index in [-0.39, 0.29) is 0 Å². The molecule has 20 heavy (non-hydrogen) atoms. The highest BCUT2D eigenvalue weighted by Crippen LogP contribution is 2.50. The molecule has 2 aromatic heterocycles. The number of aromatic nitrogens is 2. The molecule has 1 saturated carbocycles. The van der Waals surface area contributed by atoms with Crippen molar-refractivity contribution in [1.82, 2.24) is 10.1 Å². The zero-order valence-corrected chi connectivity index (χ0v) is 11.8. The van der Waals surface area contributed by atoms with E-state index in [9.17, 15) is 4.79 Å². The lowest BCUT2D eigenvalue weighted by Crippen LogP contribution is -2.11. The van der Waals surface area contributed by atoms with E-state index in [2.05, 4.69) is 15.5 Å². The minimum atomic E-state index is -0.490. The molecule has 2 aromatic rings. The highest BCUT2D eigenvalue weighted by atomic mass is 32.1. The number of nitrogens with zero attached hydrogens (tertiary/aromatic N) is 2. The highest BCUT2D eigenvalue weighted by Gasteiger charge is 2.32. The van der Waals surface area contributed by atoms with E-state index in [1.807, 2.05) is 0 Å². The largest absolute Gasteiger partial charge is 0.397 e. The zero-order chi connectivity index (χ0) is 14.3. The van der Waals surface area contributed by atoms with E-state index in [0.717, 1.165) is 23.4 Å². The van der Waals surface area contributed by atoms with E-state index >= 15 is 0 Å². The van der Waals surface area contributed by atoms with Crippen LogP contribution in [0.5, 0.6) is 0 Å². The fraction of sp³-hybridized carbons (Fsp3) is 0.417. The summed E-state index contributed by atoms with van der Waals surface area (Å²) in [6.07, 6.45) is 2.18. The quantitative estimate of drug-likeness (QED) is 0.770.